The second kappa shape index (κ2) is 15.1. The molecule has 250 valence electrons. The molecule has 0 aromatic heterocycles. The van der Waals surface area contributed by atoms with Gasteiger partial charge in [0, 0.05) is 38.1 Å². The van der Waals surface area contributed by atoms with E-state index in [-0.39, 0.29) is 42.1 Å². The molecule has 3 fully saturated rings. The fourth-order valence-corrected chi connectivity index (χ4v) is 7.50. The van der Waals surface area contributed by atoms with Crippen molar-refractivity contribution < 1.29 is 23.5 Å². The number of nitrogens with zero attached hydrogens (tertiary/aromatic N) is 2. The first-order valence-electron chi connectivity index (χ1n) is 17.1. The average molecular weight is 635 g/mol. The molecule has 2 aromatic rings. The minimum absolute atomic E-state index is 0.103. The molecule has 2 saturated heterocycles. The number of morpholine rings is 1. The Morgan fingerprint density at radius 3 is 2.26 bits per heavy atom. The third-order valence-electron chi connectivity index (χ3n) is 10.0. The molecular weight excluding hydrogens is 583 g/mol. The van der Waals surface area contributed by atoms with Crippen LogP contribution in [0.15, 0.2) is 54.6 Å². The van der Waals surface area contributed by atoms with Gasteiger partial charge in [-0.15, -0.1) is 0 Å². The van der Waals surface area contributed by atoms with E-state index in [4.69, 9.17) is 4.74 Å². The highest BCUT2D eigenvalue weighted by molar-refractivity contribution is 5.90. The number of nitrogens with one attached hydrogen (secondary N) is 2. The lowest BCUT2D eigenvalue weighted by atomic mass is 9.63. The van der Waals surface area contributed by atoms with Gasteiger partial charge in [0.1, 0.15) is 17.9 Å². The van der Waals surface area contributed by atoms with Gasteiger partial charge in [0.15, 0.2) is 0 Å². The van der Waals surface area contributed by atoms with E-state index in [0.29, 0.717) is 51.5 Å². The zero-order valence-electron chi connectivity index (χ0n) is 27.7. The fourth-order valence-electron chi connectivity index (χ4n) is 7.50. The van der Waals surface area contributed by atoms with Crippen LogP contribution in [-0.4, -0.2) is 78.0 Å². The van der Waals surface area contributed by atoms with Crippen molar-refractivity contribution in [1.29, 1.82) is 0 Å². The van der Waals surface area contributed by atoms with E-state index in [1.165, 1.54) is 18.6 Å². The molecule has 1 aliphatic carbocycles. The third kappa shape index (κ3) is 8.53. The quantitative estimate of drug-likeness (QED) is 0.412. The number of amides is 3. The van der Waals surface area contributed by atoms with Crippen molar-refractivity contribution in [2.75, 3.05) is 32.8 Å². The number of hydrogen-bond donors (Lipinski definition) is 2. The molecule has 5 rings (SSSR count). The SMILES string of the molecule is CC(C)(C)NC(=O)C1(C2CCCCC2)CCN(C(=O)[C@@H](Cc2ccc(F)cc2)NC(=O)C2COCCN2Cc2ccccc2)CC1. The topological polar surface area (TPSA) is 91.0 Å². The third-order valence-corrected chi connectivity index (χ3v) is 10.0. The minimum Gasteiger partial charge on any atom is -0.378 e. The van der Waals surface area contributed by atoms with Gasteiger partial charge in [-0.25, -0.2) is 4.39 Å². The van der Waals surface area contributed by atoms with Gasteiger partial charge < -0.3 is 20.3 Å². The monoisotopic (exact) mass is 634 g/mol. The predicted octanol–water partition coefficient (Wildman–Crippen LogP) is 4.86. The number of piperidine rings is 1. The van der Waals surface area contributed by atoms with Crippen LogP contribution in [0.4, 0.5) is 4.39 Å². The Morgan fingerprint density at radius 1 is 0.935 bits per heavy atom. The summed E-state index contributed by atoms with van der Waals surface area (Å²) in [6.07, 6.45) is 7.00. The van der Waals surface area contributed by atoms with Crippen molar-refractivity contribution in [1.82, 2.24) is 20.4 Å². The summed E-state index contributed by atoms with van der Waals surface area (Å²) in [7, 11) is 0. The van der Waals surface area contributed by atoms with Crippen LogP contribution in [0.1, 0.15) is 76.8 Å². The number of rotatable bonds is 9. The molecule has 1 saturated carbocycles. The molecule has 9 heteroatoms. The Hall–Kier alpha value is -3.30. The first-order valence-corrected chi connectivity index (χ1v) is 17.1. The van der Waals surface area contributed by atoms with Gasteiger partial charge in [0.2, 0.25) is 17.7 Å². The summed E-state index contributed by atoms with van der Waals surface area (Å²) in [6.45, 7) is 8.93. The van der Waals surface area contributed by atoms with Gasteiger partial charge in [-0.05, 0) is 75.6 Å². The van der Waals surface area contributed by atoms with Crippen LogP contribution in [-0.2, 0) is 32.1 Å². The predicted molar refractivity (Wildman–Crippen MR) is 176 cm³/mol. The number of benzene rings is 2. The number of carbonyl (C=O) groups excluding carboxylic acids is 3. The first kappa shape index (κ1) is 34.0. The molecule has 0 bridgehead atoms. The molecule has 2 aromatic carbocycles. The van der Waals surface area contributed by atoms with Crippen LogP contribution >= 0.6 is 0 Å². The summed E-state index contributed by atoms with van der Waals surface area (Å²) >= 11 is 0. The van der Waals surface area contributed by atoms with E-state index >= 15 is 0 Å². The van der Waals surface area contributed by atoms with Gasteiger partial charge in [0.05, 0.1) is 18.6 Å². The van der Waals surface area contributed by atoms with Crippen molar-refractivity contribution in [3.05, 3.63) is 71.5 Å². The van der Waals surface area contributed by atoms with E-state index in [1.807, 2.05) is 56.0 Å². The molecule has 0 spiro atoms. The number of likely N-dealkylation sites (tertiary alicyclic amines) is 1. The van der Waals surface area contributed by atoms with Gasteiger partial charge in [-0.2, -0.15) is 0 Å². The largest absolute Gasteiger partial charge is 0.378 e. The Labute approximate surface area is 273 Å². The summed E-state index contributed by atoms with van der Waals surface area (Å²) in [6, 6.07) is 14.7. The van der Waals surface area contributed by atoms with E-state index in [0.717, 1.165) is 36.8 Å². The van der Waals surface area contributed by atoms with Crippen LogP contribution in [0.25, 0.3) is 0 Å². The maximum Gasteiger partial charge on any atom is 0.245 e. The van der Waals surface area contributed by atoms with Crippen LogP contribution in [0, 0.1) is 17.2 Å². The van der Waals surface area contributed by atoms with Gasteiger partial charge >= 0.3 is 0 Å². The van der Waals surface area contributed by atoms with Crippen molar-refractivity contribution in [3.63, 3.8) is 0 Å². The lowest BCUT2D eigenvalue weighted by molar-refractivity contribution is -0.148. The Kier molecular flexibility index (Phi) is 11.2. The molecule has 46 heavy (non-hydrogen) atoms. The molecular formula is C37H51FN4O4. The highest BCUT2D eigenvalue weighted by Crippen LogP contribution is 2.46. The lowest BCUT2D eigenvalue weighted by Crippen LogP contribution is -2.60. The molecule has 0 radical (unpaired) electrons. The van der Waals surface area contributed by atoms with E-state index in [1.54, 1.807) is 12.1 Å². The molecule has 2 aliphatic heterocycles. The number of hydrogen-bond acceptors (Lipinski definition) is 5. The van der Waals surface area contributed by atoms with E-state index in [9.17, 15) is 18.8 Å². The smallest absolute Gasteiger partial charge is 0.245 e. The lowest BCUT2D eigenvalue weighted by Gasteiger charge is -2.48. The maximum atomic E-state index is 14.2. The molecule has 2 heterocycles. The van der Waals surface area contributed by atoms with Crippen LogP contribution in [0.5, 0.6) is 0 Å². The number of ether oxygens (including phenoxy) is 1. The molecule has 3 aliphatic rings. The second-order valence-electron chi connectivity index (χ2n) is 14.5. The maximum absolute atomic E-state index is 14.2. The number of carbonyl (C=O) groups is 3. The fraction of sp³-hybridized carbons (Fsp3) is 0.595. The molecule has 1 unspecified atom stereocenters. The summed E-state index contributed by atoms with van der Waals surface area (Å²) in [5.41, 5.74) is 1.02. The van der Waals surface area contributed by atoms with Crippen LogP contribution in [0.3, 0.4) is 0 Å². The standard InChI is InChI=1S/C37H51FN4O4/c1-36(2,3)40-35(45)37(29-12-8-5-9-13-29)18-20-41(21-19-37)34(44)31(24-27-14-16-30(38)17-15-27)39-33(43)32-26-46-23-22-42(32)25-28-10-6-4-7-11-28/h4,6-7,10-11,14-17,29,31-32H,5,8-9,12-13,18-26H2,1-3H3,(H,39,43)(H,40,45)/t31-,32?/m1/s1. The second-order valence-corrected chi connectivity index (χ2v) is 14.5. The summed E-state index contributed by atoms with van der Waals surface area (Å²) in [5, 5.41) is 6.34. The number of halogens is 1. The summed E-state index contributed by atoms with van der Waals surface area (Å²) in [4.78, 5) is 45.9. The van der Waals surface area contributed by atoms with Crippen molar-refractivity contribution in [2.24, 2.45) is 11.3 Å². The Bertz CT molecular complexity index is 1320. The zero-order chi connectivity index (χ0) is 32.7. The molecule has 3 amide bonds. The molecule has 8 nitrogen and oxygen atoms in total. The summed E-state index contributed by atoms with van der Waals surface area (Å²) < 4.78 is 19.5. The van der Waals surface area contributed by atoms with Gasteiger partial charge in [0.25, 0.3) is 0 Å². The molecule has 2 atom stereocenters. The van der Waals surface area contributed by atoms with E-state index in [2.05, 4.69) is 15.5 Å². The normalized spacial score (nSPS) is 21.7. The van der Waals surface area contributed by atoms with Gasteiger partial charge in [-0.1, -0.05) is 61.7 Å². The highest BCUT2D eigenvalue weighted by Gasteiger charge is 2.49. The van der Waals surface area contributed by atoms with Crippen molar-refractivity contribution in [3.8, 4) is 0 Å². The van der Waals surface area contributed by atoms with Gasteiger partial charge in [-0.3, -0.25) is 19.3 Å². The summed E-state index contributed by atoms with van der Waals surface area (Å²) in [5.74, 6) is -0.370. The van der Waals surface area contributed by atoms with Crippen LogP contribution < -0.4 is 10.6 Å². The van der Waals surface area contributed by atoms with Crippen LogP contribution in [0.2, 0.25) is 0 Å². The van der Waals surface area contributed by atoms with Crippen molar-refractivity contribution in [2.45, 2.75) is 96.3 Å². The zero-order valence-corrected chi connectivity index (χ0v) is 27.7. The van der Waals surface area contributed by atoms with Crippen molar-refractivity contribution >= 4 is 17.7 Å². The van der Waals surface area contributed by atoms with E-state index < -0.39 is 17.5 Å². The average Bonchev–Trinajstić information content (AvgIpc) is 3.05. The first-order chi connectivity index (χ1) is 22.0. The molecule has 2 N–H and O–H groups in total. The Balaban J connectivity index is 1.32. The Morgan fingerprint density at radius 2 is 1.61 bits per heavy atom. The highest BCUT2D eigenvalue weighted by atomic mass is 19.1. The minimum atomic E-state index is -0.830.